The minimum absolute atomic E-state index is 0.0432. The molecule has 1 fully saturated rings. The number of benzene rings is 1. The molecule has 1 N–H and O–H groups in total. The molecule has 0 radical (unpaired) electrons. The number of nitriles is 1. The zero-order valence-corrected chi connectivity index (χ0v) is 13.7. The highest BCUT2D eigenvalue weighted by molar-refractivity contribution is 5.75. The predicted molar refractivity (Wildman–Crippen MR) is 86.7 cm³/mol. The van der Waals surface area contributed by atoms with Gasteiger partial charge in [-0.05, 0) is 32.8 Å². The van der Waals surface area contributed by atoms with Crippen LogP contribution in [0.4, 0.5) is 10.5 Å². The normalized spacial score (nSPS) is 16.8. The Bertz CT molecular complexity index is 669. The molecule has 1 aliphatic rings. The van der Waals surface area contributed by atoms with Crippen molar-refractivity contribution in [3.05, 3.63) is 33.9 Å². The maximum Gasteiger partial charge on any atom is 0.317 e. The molecule has 1 unspecified atom stereocenters. The average Bonchev–Trinajstić information content (AvgIpc) is 3.00. The van der Waals surface area contributed by atoms with Gasteiger partial charge in [0.1, 0.15) is 18.4 Å². The second-order valence-electron chi connectivity index (χ2n) is 5.92. The lowest BCUT2D eigenvalue weighted by Crippen LogP contribution is -2.47. The van der Waals surface area contributed by atoms with Crippen molar-refractivity contribution in [2.75, 3.05) is 13.2 Å². The summed E-state index contributed by atoms with van der Waals surface area (Å²) >= 11 is 0. The number of carbonyl (C=O) groups is 1. The number of nitrogens with zero attached hydrogens (tertiary/aromatic N) is 3. The lowest BCUT2D eigenvalue weighted by molar-refractivity contribution is -0.385. The van der Waals surface area contributed by atoms with Gasteiger partial charge in [-0.1, -0.05) is 6.07 Å². The first-order valence-electron chi connectivity index (χ1n) is 7.81. The summed E-state index contributed by atoms with van der Waals surface area (Å²) < 4.78 is 5.64. The monoisotopic (exact) mass is 332 g/mol. The van der Waals surface area contributed by atoms with Crippen LogP contribution in [0.2, 0.25) is 0 Å². The Morgan fingerprint density at radius 1 is 1.58 bits per heavy atom. The Kier molecular flexibility index (Phi) is 5.58. The van der Waals surface area contributed by atoms with E-state index in [2.05, 4.69) is 5.32 Å². The van der Waals surface area contributed by atoms with Gasteiger partial charge in [0.2, 0.25) is 0 Å². The minimum atomic E-state index is -0.608. The molecule has 0 aliphatic carbocycles. The fourth-order valence-electron chi connectivity index (χ4n) is 2.70. The number of rotatable bonds is 5. The van der Waals surface area contributed by atoms with Crippen LogP contribution >= 0.6 is 0 Å². The standard InChI is InChI=1S/C16H20N4O4/c1-11(2)18-16(21)19-8-4-5-12(19)10-24-15-7-3-6-14(20(22)23)13(15)9-17/h3,6-7,11-12H,4-5,8,10H2,1-2H3,(H,18,21). The van der Waals surface area contributed by atoms with Crippen molar-refractivity contribution in [3.63, 3.8) is 0 Å². The first kappa shape index (κ1) is 17.5. The number of nitro groups is 1. The second kappa shape index (κ2) is 7.64. The van der Waals surface area contributed by atoms with Crippen LogP contribution in [0.5, 0.6) is 5.75 Å². The molecule has 1 atom stereocenters. The third kappa shape index (κ3) is 3.93. The number of amides is 2. The van der Waals surface area contributed by atoms with Gasteiger partial charge in [-0.3, -0.25) is 10.1 Å². The molecule has 0 spiro atoms. The fraction of sp³-hybridized carbons (Fsp3) is 0.500. The quantitative estimate of drug-likeness (QED) is 0.658. The molecule has 1 aliphatic heterocycles. The van der Waals surface area contributed by atoms with E-state index in [1.165, 1.54) is 18.2 Å². The third-order valence-electron chi connectivity index (χ3n) is 3.79. The first-order chi connectivity index (χ1) is 11.4. The minimum Gasteiger partial charge on any atom is -0.490 e. The first-order valence-corrected chi connectivity index (χ1v) is 7.81. The molecule has 24 heavy (non-hydrogen) atoms. The zero-order valence-electron chi connectivity index (χ0n) is 13.7. The molecule has 8 nitrogen and oxygen atoms in total. The number of hydrogen-bond donors (Lipinski definition) is 1. The van der Waals surface area contributed by atoms with Gasteiger partial charge in [0, 0.05) is 18.7 Å². The van der Waals surface area contributed by atoms with Crippen LogP contribution in [0, 0.1) is 21.4 Å². The van der Waals surface area contributed by atoms with Crippen molar-refractivity contribution in [1.82, 2.24) is 10.2 Å². The third-order valence-corrected chi connectivity index (χ3v) is 3.79. The number of ether oxygens (including phenoxy) is 1. The predicted octanol–water partition coefficient (Wildman–Crippen LogP) is 2.43. The summed E-state index contributed by atoms with van der Waals surface area (Å²) in [5.74, 6) is 0.169. The highest BCUT2D eigenvalue weighted by Crippen LogP contribution is 2.28. The van der Waals surface area contributed by atoms with Gasteiger partial charge >= 0.3 is 6.03 Å². The lowest BCUT2D eigenvalue weighted by atomic mass is 10.1. The molecule has 0 saturated carbocycles. The van der Waals surface area contributed by atoms with E-state index in [-0.39, 0.29) is 41.7 Å². The molecule has 0 bridgehead atoms. The van der Waals surface area contributed by atoms with Crippen LogP contribution in [0.25, 0.3) is 0 Å². The molecule has 1 aromatic rings. The number of likely N-dealkylation sites (tertiary alicyclic amines) is 1. The van der Waals surface area contributed by atoms with Gasteiger partial charge in [0.05, 0.1) is 11.0 Å². The van der Waals surface area contributed by atoms with Crippen molar-refractivity contribution < 1.29 is 14.5 Å². The molecule has 0 aromatic heterocycles. The van der Waals surface area contributed by atoms with Crippen LogP contribution in [0.1, 0.15) is 32.3 Å². The number of urea groups is 1. The maximum atomic E-state index is 12.2. The van der Waals surface area contributed by atoms with Crippen LogP contribution in [-0.4, -0.2) is 41.1 Å². The van der Waals surface area contributed by atoms with E-state index in [9.17, 15) is 20.2 Å². The summed E-state index contributed by atoms with van der Waals surface area (Å²) in [5, 5.41) is 23.0. The summed E-state index contributed by atoms with van der Waals surface area (Å²) in [6, 6.07) is 5.88. The van der Waals surface area contributed by atoms with Crippen LogP contribution < -0.4 is 10.1 Å². The smallest absolute Gasteiger partial charge is 0.317 e. The number of nitro benzene ring substituents is 1. The summed E-state index contributed by atoms with van der Waals surface area (Å²) in [5.41, 5.74) is -0.380. The van der Waals surface area contributed by atoms with Crippen molar-refractivity contribution in [3.8, 4) is 11.8 Å². The van der Waals surface area contributed by atoms with Crippen molar-refractivity contribution >= 4 is 11.7 Å². The average molecular weight is 332 g/mol. The molecule has 1 heterocycles. The Morgan fingerprint density at radius 3 is 2.96 bits per heavy atom. The van der Waals surface area contributed by atoms with Crippen LogP contribution in [-0.2, 0) is 0 Å². The van der Waals surface area contributed by atoms with Gasteiger partial charge < -0.3 is 15.0 Å². The van der Waals surface area contributed by atoms with E-state index in [1.807, 2.05) is 19.9 Å². The highest BCUT2D eigenvalue weighted by Gasteiger charge is 2.30. The Morgan fingerprint density at radius 2 is 2.33 bits per heavy atom. The van der Waals surface area contributed by atoms with Crippen LogP contribution in [0.15, 0.2) is 18.2 Å². The molecule has 2 rings (SSSR count). The van der Waals surface area contributed by atoms with Gasteiger partial charge in [-0.2, -0.15) is 5.26 Å². The van der Waals surface area contributed by atoms with E-state index in [0.29, 0.717) is 6.54 Å². The number of nitrogens with one attached hydrogen (secondary N) is 1. The van der Waals surface area contributed by atoms with E-state index < -0.39 is 4.92 Å². The summed E-state index contributed by atoms with van der Waals surface area (Å²) in [7, 11) is 0. The van der Waals surface area contributed by atoms with Gasteiger partial charge in [0.25, 0.3) is 5.69 Å². The fourth-order valence-corrected chi connectivity index (χ4v) is 2.70. The summed E-state index contributed by atoms with van der Waals surface area (Å²) in [6.45, 7) is 4.62. The Labute approximate surface area is 140 Å². The summed E-state index contributed by atoms with van der Waals surface area (Å²) in [6.07, 6.45) is 1.67. The molecular formula is C16H20N4O4. The SMILES string of the molecule is CC(C)NC(=O)N1CCCC1COc1cccc([N+](=O)[O-])c1C#N. The lowest BCUT2D eigenvalue weighted by Gasteiger charge is -2.26. The van der Waals surface area contributed by atoms with Crippen molar-refractivity contribution in [2.45, 2.75) is 38.8 Å². The molecule has 1 saturated heterocycles. The molecule has 1 aromatic carbocycles. The van der Waals surface area contributed by atoms with E-state index in [1.54, 1.807) is 4.90 Å². The van der Waals surface area contributed by atoms with Gasteiger partial charge in [0.15, 0.2) is 5.56 Å². The largest absolute Gasteiger partial charge is 0.490 e. The second-order valence-corrected chi connectivity index (χ2v) is 5.92. The van der Waals surface area contributed by atoms with Crippen LogP contribution in [0.3, 0.4) is 0 Å². The van der Waals surface area contributed by atoms with E-state index >= 15 is 0 Å². The topological polar surface area (TPSA) is 108 Å². The summed E-state index contributed by atoms with van der Waals surface area (Å²) in [4.78, 5) is 24.2. The highest BCUT2D eigenvalue weighted by atomic mass is 16.6. The van der Waals surface area contributed by atoms with Crippen molar-refractivity contribution in [2.24, 2.45) is 0 Å². The van der Waals surface area contributed by atoms with Gasteiger partial charge in [-0.15, -0.1) is 0 Å². The molecular weight excluding hydrogens is 312 g/mol. The zero-order chi connectivity index (χ0) is 17.7. The number of hydrogen-bond acceptors (Lipinski definition) is 5. The number of carbonyl (C=O) groups excluding carboxylic acids is 1. The molecule has 8 heteroatoms. The van der Waals surface area contributed by atoms with Crippen molar-refractivity contribution in [1.29, 1.82) is 5.26 Å². The molecule has 128 valence electrons. The Hall–Kier alpha value is -2.82. The van der Waals surface area contributed by atoms with E-state index in [0.717, 1.165) is 12.8 Å². The maximum absolute atomic E-state index is 12.2. The van der Waals surface area contributed by atoms with E-state index in [4.69, 9.17) is 4.74 Å². The Balaban J connectivity index is 2.08. The molecule has 2 amide bonds. The van der Waals surface area contributed by atoms with Gasteiger partial charge in [-0.25, -0.2) is 4.79 Å².